The molecule has 0 aliphatic rings. The van der Waals surface area contributed by atoms with Gasteiger partial charge in [0, 0.05) is 0 Å². The fraction of sp³-hybridized carbons (Fsp3) is 0.750. The number of halogens is 5. The SMILES string of the molecule is O=C(O)OCC(F)(F)C(F)(F)F. The lowest BCUT2D eigenvalue weighted by atomic mass is 10.3. The highest BCUT2D eigenvalue weighted by atomic mass is 19.4. The summed E-state index contributed by atoms with van der Waals surface area (Å²) < 4.78 is 60.4. The first-order chi connectivity index (χ1) is 5.17. The fourth-order valence-electron chi connectivity index (χ4n) is 0.234. The molecule has 0 fully saturated rings. The lowest BCUT2D eigenvalue weighted by molar-refractivity contribution is -0.292. The van der Waals surface area contributed by atoms with Gasteiger partial charge in [-0.3, -0.25) is 0 Å². The second-order valence-corrected chi connectivity index (χ2v) is 1.76. The van der Waals surface area contributed by atoms with E-state index >= 15 is 0 Å². The molecule has 0 saturated carbocycles. The van der Waals surface area contributed by atoms with Crippen LogP contribution in [0.5, 0.6) is 0 Å². The second kappa shape index (κ2) is 3.11. The molecule has 0 atom stereocenters. The predicted octanol–water partition coefficient (Wildman–Crippen LogP) is 1.88. The molecule has 3 nitrogen and oxygen atoms in total. The molecule has 0 rings (SSSR count). The van der Waals surface area contributed by atoms with Crippen LogP contribution in [0.25, 0.3) is 0 Å². The molecule has 8 heteroatoms. The molecule has 1 N–H and O–H groups in total. The van der Waals surface area contributed by atoms with E-state index in [0.29, 0.717) is 0 Å². The standard InChI is InChI=1S/C4H3F5O3/c5-3(6,4(7,8)9)1-12-2(10)11/h1H2,(H,10,11). The Morgan fingerprint density at radius 3 is 1.92 bits per heavy atom. The van der Waals surface area contributed by atoms with Gasteiger partial charge in [-0.2, -0.15) is 22.0 Å². The molecule has 0 unspecified atom stereocenters. The maximum absolute atomic E-state index is 11.8. The smallest absolute Gasteiger partial charge is 0.450 e. The van der Waals surface area contributed by atoms with Gasteiger partial charge in [-0.1, -0.05) is 0 Å². The summed E-state index contributed by atoms with van der Waals surface area (Å²) in [6.07, 6.45) is -7.97. The number of ether oxygens (including phenoxy) is 1. The highest BCUT2D eigenvalue weighted by Gasteiger charge is 2.58. The Labute approximate surface area is 62.7 Å². The molecule has 0 aliphatic heterocycles. The number of rotatable bonds is 2. The highest BCUT2D eigenvalue weighted by Crippen LogP contribution is 2.35. The van der Waals surface area contributed by atoms with Crippen LogP contribution in [-0.2, 0) is 4.74 Å². The van der Waals surface area contributed by atoms with Gasteiger partial charge in [-0.25, -0.2) is 4.79 Å². The maximum atomic E-state index is 11.8. The second-order valence-electron chi connectivity index (χ2n) is 1.76. The minimum absolute atomic E-state index is 2.18. The van der Waals surface area contributed by atoms with Crippen LogP contribution in [0.15, 0.2) is 0 Å². The van der Waals surface area contributed by atoms with Crippen molar-refractivity contribution in [3.05, 3.63) is 0 Å². The molecule has 0 aliphatic carbocycles. The summed E-state index contributed by atoms with van der Waals surface area (Å²) in [4.78, 5) is 9.45. The Morgan fingerprint density at radius 2 is 1.67 bits per heavy atom. The van der Waals surface area contributed by atoms with Crippen LogP contribution in [-0.4, -0.2) is 30.0 Å². The van der Waals surface area contributed by atoms with Gasteiger partial charge in [0.05, 0.1) is 0 Å². The lowest BCUT2D eigenvalue weighted by Gasteiger charge is -2.17. The molecule has 72 valence electrons. The molecule has 0 aromatic heterocycles. The Balaban J connectivity index is 4.14. The summed E-state index contributed by atoms with van der Waals surface area (Å²) in [6.45, 7) is -2.22. The third kappa shape index (κ3) is 2.89. The van der Waals surface area contributed by atoms with E-state index in [1.807, 2.05) is 0 Å². The van der Waals surface area contributed by atoms with E-state index in [9.17, 15) is 26.7 Å². The van der Waals surface area contributed by atoms with Gasteiger partial charge in [0.2, 0.25) is 0 Å². The Hall–Kier alpha value is -1.08. The first kappa shape index (κ1) is 10.9. The van der Waals surface area contributed by atoms with Crippen LogP contribution >= 0.6 is 0 Å². The van der Waals surface area contributed by atoms with Crippen molar-refractivity contribution in [1.29, 1.82) is 0 Å². The zero-order valence-corrected chi connectivity index (χ0v) is 5.36. The van der Waals surface area contributed by atoms with E-state index < -0.39 is 24.9 Å². The number of hydrogen-bond donors (Lipinski definition) is 1. The number of carboxylic acid groups (broad SMARTS) is 1. The Morgan fingerprint density at radius 1 is 1.25 bits per heavy atom. The molecular weight excluding hydrogens is 191 g/mol. The van der Waals surface area contributed by atoms with Gasteiger partial charge in [-0.05, 0) is 0 Å². The molecule has 0 saturated heterocycles. The van der Waals surface area contributed by atoms with Crippen LogP contribution in [0, 0.1) is 0 Å². The number of alkyl halides is 5. The highest BCUT2D eigenvalue weighted by molar-refractivity contribution is 5.56. The minimum atomic E-state index is -5.79. The van der Waals surface area contributed by atoms with Crippen LogP contribution in [0.3, 0.4) is 0 Å². The Bertz CT molecular complexity index is 174. The third-order valence-corrected chi connectivity index (χ3v) is 0.792. The van der Waals surface area contributed by atoms with Crippen molar-refractivity contribution in [1.82, 2.24) is 0 Å². The van der Waals surface area contributed by atoms with Crippen molar-refractivity contribution in [3.63, 3.8) is 0 Å². The summed E-state index contributed by atoms with van der Waals surface area (Å²) in [7, 11) is 0. The summed E-state index contributed by atoms with van der Waals surface area (Å²) in [5.74, 6) is -5.13. The van der Waals surface area contributed by atoms with Gasteiger partial charge >= 0.3 is 18.3 Å². The lowest BCUT2D eigenvalue weighted by Crippen LogP contribution is -2.41. The van der Waals surface area contributed by atoms with E-state index in [4.69, 9.17) is 5.11 Å². The third-order valence-electron chi connectivity index (χ3n) is 0.792. The number of hydrogen-bond acceptors (Lipinski definition) is 2. The molecule has 0 radical (unpaired) electrons. The zero-order chi connectivity index (χ0) is 9.99. The van der Waals surface area contributed by atoms with Crippen LogP contribution in [0.1, 0.15) is 0 Å². The average Bonchev–Trinajstić information content (AvgIpc) is 1.81. The normalized spacial score (nSPS) is 12.8. The van der Waals surface area contributed by atoms with Gasteiger partial charge in [0.25, 0.3) is 0 Å². The average molecular weight is 194 g/mol. The predicted molar refractivity (Wildman–Crippen MR) is 25.0 cm³/mol. The minimum Gasteiger partial charge on any atom is -0.450 e. The maximum Gasteiger partial charge on any atom is 0.505 e. The fourth-order valence-corrected chi connectivity index (χ4v) is 0.234. The van der Waals surface area contributed by atoms with Crippen molar-refractivity contribution in [2.75, 3.05) is 6.61 Å². The van der Waals surface area contributed by atoms with Crippen molar-refractivity contribution >= 4 is 6.16 Å². The molecule has 0 aromatic carbocycles. The first-order valence-corrected chi connectivity index (χ1v) is 2.47. The van der Waals surface area contributed by atoms with Gasteiger partial charge in [0.15, 0.2) is 6.61 Å². The van der Waals surface area contributed by atoms with Crippen LogP contribution < -0.4 is 0 Å². The van der Waals surface area contributed by atoms with Crippen LogP contribution in [0.2, 0.25) is 0 Å². The molecule has 0 heterocycles. The van der Waals surface area contributed by atoms with Crippen molar-refractivity contribution < 1.29 is 36.6 Å². The van der Waals surface area contributed by atoms with E-state index in [2.05, 4.69) is 4.74 Å². The molecule has 0 bridgehead atoms. The summed E-state index contributed by atoms with van der Waals surface area (Å²) in [5.41, 5.74) is 0. The largest absolute Gasteiger partial charge is 0.505 e. The van der Waals surface area contributed by atoms with Crippen LogP contribution in [0.4, 0.5) is 26.7 Å². The summed E-state index contributed by atoms with van der Waals surface area (Å²) in [5, 5.41) is 7.62. The van der Waals surface area contributed by atoms with E-state index in [1.165, 1.54) is 0 Å². The van der Waals surface area contributed by atoms with Crippen molar-refractivity contribution in [2.24, 2.45) is 0 Å². The van der Waals surface area contributed by atoms with Crippen molar-refractivity contribution in [3.8, 4) is 0 Å². The molecular formula is C4H3F5O3. The topological polar surface area (TPSA) is 46.5 Å². The Kier molecular flexibility index (Phi) is 2.83. The molecule has 0 spiro atoms. The van der Waals surface area contributed by atoms with Gasteiger partial charge in [-0.15, -0.1) is 0 Å². The monoisotopic (exact) mass is 194 g/mol. The molecule has 12 heavy (non-hydrogen) atoms. The van der Waals surface area contributed by atoms with E-state index in [1.54, 1.807) is 0 Å². The van der Waals surface area contributed by atoms with Gasteiger partial charge < -0.3 is 9.84 Å². The van der Waals surface area contributed by atoms with Gasteiger partial charge in [0.1, 0.15) is 0 Å². The first-order valence-electron chi connectivity index (χ1n) is 2.47. The molecule has 0 amide bonds. The summed E-state index contributed by atoms with van der Waals surface area (Å²) in [6, 6.07) is 0. The van der Waals surface area contributed by atoms with E-state index in [-0.39, 0.29) is 0 Å². The van der Waals surface area contributed by atoms with E-state index in [0.717, 1.165) is 0 Å². The quantitative estimate of drug-likeness (QED) is 0.539. The summed E-state index contributed by atoms with van der Waals surface area (Å²) >= 11 is 0. The number of carbonyl (C=O) groups is 1. The zero-order valence-electron chi connectivity index (χ0n) is 5.36. The molecule has 0 aromatic rings. The van der Waals surface area contributed by atoms with Crippen molar-refractivity contribution in [2.45, 2.75) is 12.1 Å².